The highest BCUT2D eigenvalue weighted by atomic mass is 32.2. The number of pyridine rings is 1. The fraction of sp³-hybridized carbons (Fsp3) is 0.179. The molecule has 0 radical (unpaired) electrons. The lowest BCUT2D eigenvalue weighted by atomic mass is 10.1. The lowest BCUT2D eigenvalue weighted by Gasteiger charge is -2.30. The van der Waals surface area contributed by atoms with Gasteiger partial charge in [-0.3, -0.25) is 9.69 Å². The number of esters is 1. The molecular formula is C28H23N3O3S. The number of para-hydroxylation sites is 3. The van der Waals surface area contributed by atoms with Crippen LogP contribution in [0.1, 0.15) is 23.2 Å². The predicted octanol–water partition coefficient (Wildman–Crippen LogP) is 5.82. The first-order valence-electron chi connectivity index (χ1n) is 11.7. The van der Waals surface area contributed by atoms with Crippen LogP contribution in [0.2, 0.25) is 0 Å². The van der Waals surface area contributed by atoms with Crippen molar-refractivity contribution in [3.05, 3.63) is 84.4 Å². The van der Waals surface area contributed by atoms with Gasteiger partial charge in [-0.1, -0.05) is 54.2 Å². The first-order chi connectivity index (χ1) is 17.2. The van der Waals surface area contributed by atoms with Gasteiger partial charge in [0, 0.05) is 28.3 Å². The Balaban J connectivity index is 1.29. The molecule has 2 aliphatic rings. The molecular weight excluding hydrogens is 458 g/mol. The van der Waals surface area contributed by atoms with Crippen LogP contribution in [0.4, 0.5) is 17.2 Å². The van der Waals surface area contributed by atoms with Crippen molar-refractivity contribution in [3.8, 4) is 0 Å². The van der Waals surface area contributed by atoms with Crippen LogP contribution in [0.3, 0.4) is 0 Å². The molecule has 0 spiro atoms. The lowest BCUT2D eigenvalue weighted by Crippen LogP contribution is -2.33. The molecule has 7 heteroatoms. The Labute approximate surface area is 207 Å². The van der Waals surface area contributed by atoms with E-state index in [1.54, 1.807) is 16.7 Å². The van der Waals surface area contributed by atoms with Crippen molar-refractivity contribution in [3.63, 3.8) is 0 Å². The summed E-state index contributed by atoms with van der Waals surface area (Å²) in [6.07, 6.45) is 2.13. The van der Waals surface area contributed by atoms with Gasteiger partial charge in [-0.15, -0.1) is 0 Å². The van der Waals surface area contributed by atoms with Gasteiger partial charge in [-0.2, -0.15) is 0 Å². The van der Waals surface area contributed by atoms with Crippen molar-refractivity contribution >= 4 is 51.7 Å². The quantitative estimate of drug-likeness (QED) is 0.342. The van der Waals surface area contributed by atoms with Crippen molar-refractivity contribution in [2.24, 2.45) is 0 Å². The molecule has 6 nitrogen and oxygen atoms in total. The van der Waals surface area contributed by atoms with E-state index in [0.717, 1.165) is 58.0 Å². The number of amides is 1. The van der Waals surface area contributed by atoms with E-state index < -0.39 is 5.97 Å². The van der Waals surface area contributed by atoms with E-state index >= 15 is 0 Å². The molecule has 1 saturated heterocycles. The minimum atomic E-state index is -0.536. The number of ether oxygens (including phenoxy) is 1. The normalized spacial score (nSPS) is 14.5. The molecule has 0 N–H and O–H groups in total. The molecule has 1 aromatic heterocycles. The number of anilines is 3. The highest BCUT2D eigenvalue weighted by Gasteiger charge is 2.29. The van der Waals surface area contributed by atoms with Gasteiger partial charge in [0.1, 0.15) is 11.4 Å². The van der Waals surface area contributed by atoms with Crippen LogP contribution in [0.15, 0.2) is 88.7 Å². The lowest BCUT2D eigenvalue weighted by molar-refractivity contribution is -0.121. The number of carbonyl (C=O) groups is 2. The van der Waals surface area contributed by atoms with E-state index in [2.05, 4.69) is 4.90 Å². The molecule has 1 fully saturated rings. The largest absolute Gasteiger partial charge is 0.452 e. The Hall–Kier alpha value is -3.84. The Morgan fingerprint density at radius 3 is 2.20 bits per heavy atom. The number of hydrogen-bond acceptors (Lipinski definition) is 6. The minimum absolute atomic E-state index is 0.296. The van der Waals surface area contributed by atoms with Crippen molar-refractivity contribution < 1.29 is 14.3 Å². The Morgan fingerprint density at radius 2 is 1.49 bits per heavy atom. The molecule has 4 aromatic rings. The van der Waals surface area contributed by atoms with E-state index in [0.29, 0.717) is 11.4 Å². The average molecular weight is 482 g/mol. The summed E-state index contributed by atoms with van der Waals surface area (Å²) < 4.78 is 5.62. The molecule has 3 aromatic carbocycles. The molecule has 174 valence electrons. The first-order valence-corrected chi connectivity index (χ1v) is 12.5. The van der Waals surface area contributed by atoms with Gasteiger partial charge in [-0.25, -0.2) is 9.78 Å². The molecule has 0 atom stereocenters. The Kier molecular flexibility index (Phi) is 5.62. The molecule has 0 aliphatic carbocycles. The summed E-state index contributed by atoms with van der Waals surface area (Å²) in [7, 11) is 0. The van der Waals surface area contributed by atoms with Crippen LogP contribution >= 0.6 is 11.8 Å². The second-order valence-corrected chi connectivity index (χ2v) is 9.67. The van der Waals surface area contributed by atoms with Gasteiger partial charge < -0.3 is 9.64 Å². The fourth-order valence-corrected chi connectivity index (χ4v) is 5.73. The third-order valence-corrected chi connectivity index (χ3v) is 7.47. The number of fused-ring (bicyclic) bond motifs is 3. The van der Waals surface area contributed by atoms with Gasteiger partial charge in [-0.05, 0) is 49.2 Å². The van der Waals surface area contributed by atoms with E-state index in [1.807, 2.05) is 78.9 Å². The molecule has 35 heavy (non-hydrogen) atoms. The standard InChI is InChI=1S/C28H23N3O3S/c32-26(31-22-11-3-5-13-24(22)35-25-14-6-4-12-23(25)31)18-34-28(33)20-17-19-9-1-2-10-21(19)29-27(20)30-15-7-8-16-30/h1-6,9-14,17H,7-8,15-16,18H2. The van der Waals surface area contributed by atoms with Crippen LogP contribution in [0.5, 0.6) is 0 Å². The van der Waals surface area contributed by atoms with E-state index in [4.69, 9.17) is 9.72 Å². The molecule has 0 saturated carbocycles. The highest BCUT2D eigenvalue weighted by Crippen LogP contribution is 2.47. The SMILES string of the molecule is O=C(OCC(=O)N1c2ccccc2Sc2ccccc21)c1cc2ccccc2nc1N1CCCC1. The monoisotopic (exact) mass is 481 g/mol. The molecule has 0 bridgehead atoms. The zero-order valence-corrected chi connectivity index (χ0v) is 19.8. The van der Waals surface area contributed by atoms with Crippen LogP contribution in [-0.2, 0) is 9.53 Å². The van der Waals surface area contributed by atoms with Gasteiger partial charge in [0.25, 0.3) is 5.91 Å². The summed E-state index contributed by atoms with van der Waals surface area (Å²) in [4.78, 5) is 37.2. The number of benzene rings is 3. The van der Waals surface area contributed by atoms with Gasteiger partial charge in [0.15, 0.2) is 6.61 Å². The summed E-state index contributed by atoms with van der Waals surface area (Å²) in [6, 6.07) is 25.1. The van der Waals surface area contributed by atoms with E-state index in [-0.39, 0.29) is 12.5 Å². The van der Waals surface area contributed by atoms with E-state index in [9.17, 15) is 9.59 Å². The maximum absolute atomic E-state index is 13.4. The number of aromatic nitrogens is 1. The third-order valence-electron chi connectivity index (χ3n) is 6.34. The van der Waals surface area contributed by atoms with Crippen LogP contribution < -0.4 is 9.80 Å². The summed E-state index contributed by atoms with van der Waals surface area (Å²) in [5.74, 6) is -0.204. The maximum Gasteiger partial charge on any atom is 0.342 e. The molecule has 6 rings (SSSR count). The average Bonchev–Trinajstić information content (AvgIpc) is 3.44. The fourth-order valence-electron chi connectivity index (χ4n) is 4.67. The predicted molar refractivity (Wildman–Crippen MR) is 138 cm³/mol. The van der Waals surface area contributed by atoms with Crippen molar-refractivity contribution in [1.29, 1.82) is 0 Å². The van der Waals surface area contributed by atoms with Crippen molar-refractivity contribution in [2.45, 2.75) is 22.6 Å². The molecule has 1 amide bonds. The zero-order valence-electron chi connectivity index (χ0n) is 19.0. The summed E-state index contributed by atoms with van der Waals surface area (Å²) in [5, 5.41) is 0.865. The summed E-state index contributed by atoms with van der Waals surface area (Å²) in [6.45, 7) is 1.34. The smallest absolute Gasteiger partial charge is 0.342 e. The second kappa shape index (κ2) is 9.07. The second-order valence-electron chi connectivity index (χ2n) is 8.59. The third kappa shape index (κ3) is 4.02. The topological polar surface area (TPSA) is 62.7 Å². The van der Waals surface area contributed by atoms with Gasteiger partial charge in [0.05, 0.1) is 16.9 Å². The number of nitrogens with zero attached hydrogens (tertiary/aromatic N) is 3. The van der Waals surface area contributed by atoms with Crippen molar-refractivity contribution in [1.82, 2.24) is 4.98 Å². The van der Waals surface area contributed by atoms with Gasteiger partial charge >= 0.3 is 5.97 Å². The Bertz CT molecular complexity index is 1400. The number of carbonyl (C=O) groups excluding carboxylic acids is 2. The summed E-state index contributed by atoms with van der Waals surface area (Å²) >= 11 is 1.63. The zero-order chi connectivity index (χ0) is 23.8. The Morgan fingerprint density at radius 1 is 0.857 bits per heavy atom. The van der Waals surface area contributed by atoms with Gasteiger partial charge in [0.2, 0.25) is 0 Å². The summed E-state index contributed by atoms with van der Waals surface area (Å²) in [5.41, 5.74) is 2.82. The van der Waals surface area contributed by atoms with Crippen molar-refractivity contribution in [2.75, 3.05) is 29.5 Å². The van der Waals surface area contributed by atoms with Crippen LogP contribution in [0.25, 0.3) is 10.9 Å². The molecule has 3 heterocycles. The van der Waals surface area contributed by atoms with E-state index in [1.165, 1.54) is 0 Å². The minimum Gasteiger partial charge on any atom is -0.452 e. The van der Waals surface area contributed by atoms with Crippen LogP contribution in [-0.4, -0.2) is 36.6 Å². The van der Waals surface area contributed by atoms with Crippen LogP contribution in [0, 0.1) is 0 Å². The maximum atomic E-state index is 13.4. The molecule has 0 unspecified atom stereocenters. The molecule has 2 aliphatic heterocycles. The number of hydrogen-bond donors (Lipinski definition) is 0. The first kappa shape index (κ1) is 21.7. The highest BCUT2D eigenvalue weighted by molar-refractivity contribution is 7.99. The number of rotatable bonds is 4.